The van der Waals surface area contributed by atoms with Crippen LogP contribution in [0, 0.1) is 5.82 Å². The molecule has 2 nitrogen and oxygen atoms in total. The van der Waals surface area contributed by atoms with Gasteiger partial charge in [0, 0.05) is 5.56 Å². The summed E-state index contributed by atoms with van der Waals surface area (Å²) < 4.78 is 13.4. The van der Waals surface area contributed by atoms with E-state index in [0.717, 1.165) is 0 Å². The van der Waals surface area contributed by atoms with Gasteiger partial charge in [-0.15, -0.1) is 12.4 Å². The Balaban J connectivity index is 0.00000225. The van der Waals surface area contributed by atoms with E-state index in [2.05, 4.69) is 0 Å². The van der Waals surface area contributed by atoms with Crippen molar-refractivity contribution in [2.45, 2.75) is 25.5 Å². The molecule has 0 saturated heterocycles. The van der Waals surface area contributed by atoms with Crippen LogP contribution in [0.3, 0.4) is 0 Å². The number of halogens is 4. The van der Waals surface area contributed by atoms with E-state index in [1.165, 1.54) is 12.1 Å². The summed E-state index contributed by atoms with van der Waals surface area (Å²) in [5.74, 6) is -0.551. The molecule has 0 bridgehead atoms. The Kier molecular flexibility index (Phi) is 6.60. The molecule has 3 N–H and O–H groups in total. The number of hydrogen-bond donors (Lipinski definition) is 2. The quantitative estimate of drug-likeness (QED) is 0.838. The second-order valence-electron chi connectivity index (χ2n) is 3.26. The first-order valence-electron chi connectivity index (χ1n) is 4.56. The first-order chi connectivity index (χ1) is 6.99. The summed E-state index contributed by atoms with van der Waals surface area (Å²) in [6, 6.07) is 1.68. The van der Waals surface area contributed by atoms with Gasteiger partial charge in [0.2, 0.25) is 0 Å². The van der Waals surface area contributed by atoms with Gasteiger partial charge in [-0.3, -0.25) is 0 Å². The average molecular weight is 289 g/mol. The fourth-order valence-corrected chi connectivity index (χ4v) is 1.74. The van der Waals surface area contributed by atoms with E-state index in [4.69, 9.17) is 28.9 Å². The fraction of sp³-hybridized carbons (Fsp3) is 0.400. The number of benzene rings is 1. The van der Waals surface area contributed by atoms with Crippen LogP contribution in [0.1, 0.15) is 24.9 Å². The van der Waals surface area contributed by atoms with Crippen LogP contribution in [0.5, 0.6) is 0 Å². The molecule has 0 aliphatic rings. The standard InChI is InChI=1S/C10H12Cl2FNO.ClH/c1-2-7(15)10(14)8-6(13)4-3-5(11)9(8)12;/h3-4,7,10,15H,2,14H2,1H3;1H/t7-,10-;/m0./s1. The molecule has 0 aliphatic heterocycles. The zero-order valence-corrected chi connectivity index (χ0v) is 10.9. The van der Waals surface area contributed by atoms with E-state index in [-0.39, 0.29) is 28.0 Å². The van der Waals surface area contributed by atoms with Gasteiger partial charge in [0.15, 0.2) is 0 Å². The fourth-order valence-electron chi connectivity index (χ4n) is 1.29. The van der Waals surface area contributed by atoms with Gasteiger partial charge in [0.1, 0.15) is 5.82 Å². The van der Waals surface area contributed by atoms with E-state index in [1.54, 1.807) is 6.92 Å². The summed E-state index contributed by atoms with van der Waals surface area (Å²) in [5.41, 5.74) is 5.75. The zero-order chi connectivity index (χ0) is 11.6. The molecule has 0 spiro atoms. The van der Waals surface area contributed by atoms with Crippen LogP contribution in [-0.4, -0.2) is 11.2 Å². The Morgan fingerprint density at radius 2 is 2.00 bits per heavy atom. The molecule has 0 aliphatic carbocycles. The first-order valence-corrected chi connectivity index (χ1v) is 5.31. The smallest absolute Gasteiger partial charge is 0.129 e. The van der Waals surface area contributed by atoms with Crippen LogP contribution < -0.4 is 5.73 Å². The Bertz CT molecular complexity index is 362. The minimum atomic E-state index is -0.860. The maximum absolute atomic E-state index is 13.4. The highest BCUT2D eigenvalue weighted by Gasteiger charge is 2.22. The minimum Gasteiger partial charge on any atom is -0.391 e. The van der Waals surface area contributed by atoms with Gasteiger partial charge < -0.3 is 10.8 Å². The van der Waals surface area contributed by atoms with Gasteiger partial charge in [0.05, 0.1) is 22.2 Å². The molecular formula is C10H13Cl3FNO. The van der Waals surface area contributed by atoms with E-state index in [9.17, 15) is 9.50 Å². The Morgan fingerprint density at radius 3 is 2.50 bits per heavy atom. The normalized spacial score (nSPS) is 14.1. The average Bonchev–Trinajstić information content (AvgIpc) is 2.22. The van der Waals surface area contributed by atoms with Crippen molar-refractivity contribution in [3.63, 3.8) is 0 Å². The number of hydrogen-bond acceptors (Lipinski definition) is 2. The third kappa shape index (κ3) is 3.22. The lowest BCUT2D eigenvalue weighted by Gasteiger charge is -2.19. The second kappa shape index (κ2) is 6.62. The van der Waals surface area contributed by atoms with Crippen molar-refractivity contribution in [2.75, 3.05) is 0 Å². The molecular weight excluding hydrogens is 275 g/mol. The summed E-state index contributed by atoms with van der Waals surface area (Å²) >= 11 is 11.6. The van der Waals surface area contributed by atoms with Gasteiger partial charge in [-0.05, 0) is 18.6 Å². The van der Waals surface area contributed by atoms with Crippen LogP contribution in [0.25, 0.3) is 0 Å². The highest BCUT2D eigenvalue weighted by atomic mass is 35.5. The highest BCUT2D eigenvalue weighted by molar-refractivity contribution is 6.42. The summed E-state index contributed by atoms with van der Waals surface area (Å²) in [6.07, 6.45) is -0.417. The largest absolute Gasteiger partial charge is 0.391 e. The van der Waals surface area contributed by atoms with Gasteiger partial charge in [-0.25, -0.2) is 4.39 Å². The van der Waals surface area contributed by atoms with Gasteiger partial charge in [0.25, 0.3) is 0 Å². The summed E-state index contributed by atoms with van der Waals surface area (Å²) in [6.45, 7) is 1.75. The van der Waals surface area contributed by atoms with Crippen molar-refractivity contribution >= 4 is 35.6 Å². The molecule has 1 aromatic rings. The van der Waals surface area contributed by atoms with E-state index >= 15 is 0 Å². The summed E-state index contributed by atoms with van der Waals surface area (Å²) in [4.78, 5) is 0. The Labute approximate surface area is 110 Å². The third-order valence-corrected chi connectivity index (χ3v) is 3.06. The van der Waals surface area contributed by atoms with E-state index in [0.29, 0.717) is 6.42 Å². The van der Waals surface area contributed by atoms with Crippen molar-refractivity contribution in [2.24, 2.45) is 5.73 Å². The lowest BCUT2D eigenvalue weighted by atomic mass is 10.00. The van der Waals surface area contributed by atoms with E-state index in [1.807, 2.05) is 0 Å². The van der Waals surface area contributed by atoms with Crippen molar-refractivity contribution in [3.8, 4) is 0 Å². The van der Waals surface area contributed by atoms with Crippen molar-refractivity contribution in [1.29, 1.82) is 0 Å². The van der Waals surface area contributed by atoms with Gasteiger partial charge >= 0.3 is 0 Å². The maximum Gasteiger partial charge on any atom is 0.129 e. The predicted molar refractivity (Wildman–Crippen MR) is 66.9 cm³/mol. The van der Waals surface area contributed by atoms with Crippen molar-refractivity contribution in [3.05, 3.63) is 33.6 Å². The highest BCUT2D eigenvalue weighted by Crippen LogP contribution is 2.33. The van der Waals surface area contributed by atoms with Crippen molar-refractivity contribution < 1.29 is 9.50 Å². The lowest BCUT2D eigenvalue weighted by molar-refractivity contribution is 0.139. The van der Waals surface area contributed by atoms with E-state index < -0.39 is 18.0 Å². The van der Waals surface area contributed by atoms with Gasteiger partial charge in [-0.2, -0.15) is 0 Å². The molecule has 16 heavy (non-hydrogen) atoms. The Morgan fingerprint density at radius 1 is 1.44 bits per heavy atom. The molecule has 0 heterocycles. The third-order valence-electron chi connectivity index (χ3n) is 2.25. The summed E-state index contributed by atoms with van der Waals surface area (Å²) in [7, 11) is 0. The molecule has 1 rings (SSSR count). The number of aliphatic hydroxyl groups is 1. The van der Waals surface area contributed by atoms with Crippen molar-refractivity contribution in [1.82, 2.24) is 0 Å². The van der Waals surface area contributed by atoms with Crippen LogP contribution in [0.2, 0.25) is 10.0 Å². The predicted octanol–water partition coefficient (Wildman–Crippen LogP) is 3.33. The molecule has 0 amide bonds. The van der Waals surface area contributed by atoms with Crippen LogP contribution in [-0.2, 0) is 0 Å². The lowest BCUT2D eigenvalue weighted by Crippen LogP contribution is -2.26. The second-order valence-corrected chi connectivity index (χ2v) is 4.04. The molecule has 92 valence electrons. The molecule has 0 fully saturated rings. The Hall–Kier alpha value is -0.0600. The molecule has 0 radical (unpaired) electrons. The molecule has 6 heteroatoms. The SMILES string of the molecule is CC[C@H](O)[C@H](N)c1c(F)ccc(Cl)c1Cl.Cl. The van der Waals surface area contributed by atoms with Crippen LogP contribution in [0.15, 0.2) is 12.1 Å². The van der Waals surface area contributed by atoms with Gasteiger partial charge in [-0.1, -0.05) is 30.1 Å². The molecule has 0 saturated carbocycles. The molecule has 0 aromatic heterocycles. The van der Waals surface area contributed by atoms with Crippen LogP contribution >= 0.6 is 35.6 Å². The number of rotatable bonds is 3. The minimum absolute atomic E-state index is 0. The molecule has 2 atom stereocenters. The first kappa shape index (κ1) is 15.9. The summed E-state index contributed by atoms with van der Waals surface area (Å²) in [5, 5.41) is 9.82. The van der Waals surface area contributed by atoms with Crippen LogP contribution in [0.4, 0.5) is 4.39 Å². The monoisotopic (exact) mass is 287 g/mol. The zero-order valence-electron chi connectivity index (χ0n) is 8.58. The molecule has 0 unspecified atom stereocenters. The number of nitrogens with two attached hydrogens (primary N) is 1. The maximum atomic E-state index is 13.4. The topological polar surface area (TPSA) is 46.2 Å². The number of aliphatic hydroxyl groups excluding tert-OH is 1. The molecule has 1 aromatic carbocycles.